The van der Waals surface area contributed by atoms with E-state index in [1.807, 2.05) is 20.0 Å². The van der Waals surface area contributed by atoms with Crippen molar-refractivity contribution in [3.63, 3.8) is 0 Å². The fraction of sp³-hybridized carbons (Fsp3) is 0.538. The largest absolute Gasteiger partial charge is 0.383 e. The Kier molecular flexibility index (Phi) is 6.32. The predicted molar refractivity (Wildman–Crippen MR) is 70.2 cm³/mol. The first-order valence-corrected chi connectivity index (χ1v) is 6.04. The Balaban J connectivity index is 2.32. The van der Waals surface area contributed by atoms with Gasteiger partial charge in [-0.1, -0.05) is 6.07 Å². The van der Waals surface area contributed by atoms with Gasteiger partial charge in [0.05, 0.1) is 12.6 Å². The summed E-state index contributed by atoms with van der Waals surface area (Å²) in [6.45, 7) is 5.53. The number of aromatic nitrogens is 1. The number of hydrogen-bond acceptors (Lipinski definition) is 4. The standard InChI is InChI=1S/C13H21N3O2/c1-10-6-12(8-14-7-10)9-16-11(2)13(17)15-4-5-18-3/h6-8,11,16H,4-5,9H2,1-3H3,(H,15,17). The molecule has 5 heteroatoms. The van der Waals surface area contributed by atoms with Crippen molar-refractivity contribution in [1.29, 1.82) is 0 Å². The Bertz CT molecular complexity index is 382. The highest BCUT2D eigenvalue weighted by Crippen LogP contribution is 2.01. The van der Waals surface area contributed by atoms with Crippen LogP contribution in [0.5, 0.6) is 0 Å². The monoisotopic (exact) mass is 251 g/mol. The molecule has 5 nitrogen and oxygen atoms in total. The molecule has 2 N–H and O–H groups in total. The van der Waals surface area contributed by atoms with Crippen LogP contribution in [0.1, 0.15) is 18.1 Å². The van der Waals surface area contributed by atoms with Crippen molar-refractivity contribution in [2.45, 2.75) is 26.4 Å². The van der Waals surface area contributed by atoms with Gasteiger partial charge < -0.3 is 15.4 Å². The Morgan fingerprint density at radius 1 is 1.50 bits per heavy atom. The van der Waals surface area contributed by atoms with E-state index < -0.39 is 0 Å². The molecule has 0 aliphatic carbocycles. The molecule has 0 spiro atoms. The number of carbonyl (C=O) groups excluding carboxylic acids is 1. The Morgan fingerprint density at radius 3 is 2.94 bits per heavy atom. The van der Waals surface area contributed by atoms with Crippen LogP contribution in [0.3, 0.4) is 0 Å². The van der Waals surface area contributed by atoms with Crippen LogP contribution in [0.4, 0.5) is 0 Å². The van der Waals surface area contributed by atoms with E-state index in [4.69, 9.17) is 4.74 Å². The minimum absolute atomic E-state index is 0.0207. The lowest BCUT2D eigenvalue weighted by atomic mass is 10.2. The second-order valence-electron chi connectivity index (χ2n) is 4.26. The Morgan fingerprint density at radius 2 is 2.28 bits per heavy atom. The van der Waals surface area contributed by atoms with Crippen LogP contribution in [0.2, 0.25) is 0 Å². The van der Waals surface area contributed by atoms with Crippen LogP contribution < -0.4 is 10.6 Å². The van der Waals surface area contributed by atoms with Crippen LogP contribution in [-0.4, -0.2) is 37.2 Å². The minimum Gasteiger partial charge on any atom is -0.383 e. The van der Waals surface area contributed by atoms with Gasteiger partial charge >= 0.3 is 0 Å². The Hall–Kier alpha value is -1.46. The number of amides is 1. The van der Waals surface area contributed by atoms with Gasteiger partial charge in [0.1, 0.15) is 0 Å². The van der Waals surface area contributed by atoms with Gasteiger partial charge in [-0.05, 0) is 25.0 Å². The van der Waals surface area contributed by atoms with Crippen LogP contribution in [0.25, 0.3) is 0 Å². The predicted octanol–water partition coefficient (Wildman–Crippen LogP) is 0.631. The molecule has 1 heterocycles. The van der Waals surface area contributed by atoms with Gasteiger partial charge in [0, 0.05) is 32.6 Å². The number of hydrogen-bond donors (Lipinski definition) is 2. The topological polar surface area (TPSA) is 63.2 Å². The molecule has 1 amide bonds. The SMILES string of the molecule is COCCNC(=O)C(C)NCc1cncc(C)c1. The summed E-state index contributed by atoms with van der Waals surface area (Å²) in [6, 6.07) is 1.82. The molecule has 0 aromatic carbocycles. The molecule has 0 fully saturated rings. The summed E-state index contributed by atoms with van der Waals surface area (Å²) >= 11 is 0. The summed E-state index contributed by atoms with van der Waals surface area (Å²) in [6.07, 6.45) is 3.61. The lowest BCUT2D eigenvalue weighted by Gasteiger charge is -2.14. The molecular formula is C13H21N3O2. The molecule has 100 valence electrons. The van der Waals surface area contributed by atoms with E-state index in [0.717, 1.165) is 11.1 Å². The molecule has 1 aromatic rings. The van der Waals surface area contributed by atoms with Crippen molar-refractivity contribution in [3.8, 4) is 0 Å². The van der Waals surface area contributed by atoms with Crippen LogP contribution in [0.15, 0.2) is 18.5 Å². The van der Waals surface area contributed by atoms with Gasteiger partial charge in [-0.2, -0.15) is 0 Å². The maximum Gasteiger partial charge on any atom is 0.236 e. The van der Waals surface area contributed by atoms with Gasteiger partial charge in [0.2, 0.25) is 5.91 Å². The van der Waals surface area contributed by atoms with Crippen LogP contribution in [-0.2, 0) is 16.1 Å². The van der Waals surface area contributed by atoms with Crippen LogP contribution >= 0.6 is 0 Å². The fourth-order valence-corrected chi connectivity index (χ4v) is 1.51. The summed E-state index contributed by atoms with van der Waals surface area (Å²) in [4.78, 5) is 15.8. The summed E-state index contributed by atoms with van der Waals surface area (Å²) < 4.78 is 4.87. The second-order valence-corrected chi connectivity index (χ2v) is 4.26. The maximum absolute atomic E-state index is 11.7. The molecule has 1 atom stereocenters. The van der Waals surface area contributed by atoms with Gasteiger partial charge in [0.25, 0.3) is 0 Å². The zero-order valence-corrected chi connectivity index (χ0v) is 11.2. The molecule has 18 heavy (non-hydrogen) atoms. The van der Waals surface area contributed by atoms with Gasteiger partial charge in [-0.3, -0.25) is 9.78 Å². The van der Waals surface area contributed by atoms with Gasteiger partial charge in [-0.15, -0.1) is 0 Å². The van der Waals surface area contributed by atoms with Crippen molar-refractivity contribution in [2.24, 2.45) is 0 Å². The van der Waals surface area contributed by atoms with Gasteiger partial charge in [0.15, 0.2) is 0 Å². The molecule has 0 aliphatic heterocycles. The number of carbonyl (C=O) groups is 1. The summed E-state index contributed by atoms with van der Waals surface area (Å²) in [5, 5.41) is 5.95. The molecular weight excluding hydrogens is 230 g/mol. The first-order valence-electron chi connectivity index (χ1n) is 6.04. The lowest BCUT2D eigenvalue weighted by Crippen LogP contribution is -2.42. The molecule has 1 rings (SSSR count). The molecule has 1 aromatic heterocycles. The van der Waals surface area contributed by atoms with E-state index >= 15 is 0 Å². The number of aryl methyl sites for hydroxylation is 1. The maximum atomic E-state index is 11.7. The normalized spacial score (nSPS) is 12.2. The highest BCUT2D eigenvalue weighted by molar-refractivity contribution is 5.81. The van der Waals surface area contributed by atoms with E-state index in [2.05, 4.69) is 21.7 Å². The molecule has 1 unspecified atom stereocenters. The van der Waals surface area contributed by atoms with Crippen molar-refractivity contribution >= 4 is 5.91 Å². The molecule has 0 radical (unpaired) electrons. The van der Waals surface area contributed by atoms with Crippen LogP contribution in [0, 0.1) is 6.92 Å². The highest BCUT2D eigenvalue weighted by Gasteiger charge is 2.11. The van der Waals surface area contributed by atoms with Gasteiger partial charge in [-0.25, -0.2) is 0 Å². The smallest absolute Gasteiger partial charge is 0.236 e. The lowest BCUT2D eigenvalue weighted by molar-refractivity contribution is -0.122. The quantitative estimate of drug-likeness (QED) is 0.698. The van der Waals surface area contributed by atoms with E-state index in [9.17, 15) is 4.79 Å². The Labute approximate surface area is 108 Å². The zero-order chi connectivity index (χ0) is 13.4. The third kappa shape index (κ3) is 5.25. The van der Waals surface area contributed by atoms with Crippen molar-refractivity contribution in [1.82, 2.24) is 15.6 Å². The highest BCUT2D eigenvalue weighted by atomic mass is 16.5. The van der Waals surface area contributed by atoms with E-state index in [1.165, 1.54) is 0 Å². The molecule has 0 saturated carbocycles. The summed E-state index contributed by atoms with van der Waals surface area (Å²) in [5.41, 5.74) is 2.19. The first-order chi connectivity index (χ1) is 8.63. The third-order valence-corrected chi connectivity index (χ3v) is 2.54. The molecule has 0 bridgehead atoms. The minimum atomic E-state index is -0.234. The van der Waals surface area contributed by atoms with E-state index in [0.29, 0.717) is 19.7 Å². The number of nitrogens with zero attached hydrogens (tertiary/aromatic N) is 1. The van der Waals surface area contributed by atoms with Crippen molar-refractivity contribution in [3.05, 3.63) is 29.6 Å². The average molecular weight is 251 g/mol. The number of nitrogens with one attached hydrogen (secondary N) is 2. The number of pyridine rings is 1. The summed E-state index contributed by atoms with van der Waals surface area (Å²) in [7, 11) is 1.61. The third-order valence-electron chi connectivity index (χ3n) is 2.54. The van der Waals surface area contributed by atoms with E-state index in [-0.39, 0.29) is 11.9 Å². The van der Waals surface area contributed by atoms with E-state index in [1.54, 1.807) is 13.3 Å². The number of ether oxygens (including phenoxy) is 1. The summed E-state index contributed by atoms with van der Waals surface area (Å²) in [5.74, 6) is -0.0207. The van der Waals surface area contributed by atoms with Crippen molar-refractivity contribution in [2.75, 3.05) is 20.3 Å². The second kappa shape index (κ2) is 7.79. The average Bonchev–Trinajstić information content (AvgIpc) is 2.36. The first kappa shape index (κ1) is 14.6. The number of methoxy groups -OCH3 is 1. The molecule has 0 saturated heterocycles. The molecule has 0 aliphatic rings. The number of rotatable bonds is 7. The zero-order valence-electron chi connectivity index (χ0n) is 11.2. The van der Waals surface area contributed by atoms with Crippen molar-refractivity contribution < 1.29 is 9.53 Å². The fourth-order valence-electron chi connectivity index (χ4n) is 1.51.